The van der Waals surface area contributed by atoms with Crippen LogP contribution < -0.4 is 10.1 Å². The molecule has 0 saturated carbocycles. The lowest BCUT2D eigenvalue weighted by Gasteiger charge is -2.09. The van der Waals surface area contributed by atoms with Crippen LogP contribution in [0, 0.1) is 0 Å². The first-order chi connectivity index (χ1) is 13.7. The molecule has 2 aromatic carbocycles. The number of hydrogen-bond donors (Lipinski definition) is 1. The van der Waals surface area contributed by atoms with Gasteiger partial charge in [0.2, 0.25) is 5.95 Å². The molecule has 0 bridgehead atoms. The number of nitrogens with one attached hydrogen (secondary N) is 1. The summed E-state index contributed by atoms with van der Waals surface area (Å²) in [6.07, 6.45) is -0.889. The molecular formula is C20H17F3N4O2. The molecule has 9 heteroatoms. The van der Waals surface area contributed by atoms with Crippen LogP contribution in [0.2, 0.25) is 0 Å². The number of alkyl halides is 3. The van der Waals surface area contributed by atoms with Gasteiger partial charge in [-0.2, -0.15) is 4.98 Å². The largest absolute Gasteiger partial charge is 0.573 e. The van der Waals surface area contributed by atoms with Crippen molar-refractivity contribution in [3.8, 4) is 17.1 Å². The molecule has 0 unspecified atom stereocenters. The Kier molecular flexibility index (Phi) is 5.67. The number of benzene rings is 2. The lowest BCUT2D eigenvalue weighted by molar-refractivity contribution is -0.274. The molecule has 0 saturated heterocycles. The van der Waals surface area contributed by atoms with Crippen LogP contribution in [-0.2, 0) is 7.05 Å². The molecule has 0 aliphatic heterocycles. The second-order valence-corrected chi connectivity index (χ2v) is 6.03. The highest BCUT2D eigenvalue weighted by molar-refractivity contribution is 6.03. The summed E-state index contributed by atoms with van der Waals surface area (Å²) in [6, 6.07) is 12.2. The normalized spacial score (nSPS) is 11.6. The number of rotatable bonds is 5. The van der Waals surface area contributed by atoms with Crippen molar-refractivity contribution < 1.29 is 22.7 Å². The molecule has 3 aromatic rings. The molecule has 1 aromatic heterocycles. The van der Waals surface area contributed by atoms with Gasteiger partial charge in [-0.05, 0) is 36.8 Å². The van der Waals surface area contributed by atoms with Gasteiger partial charge in [0, 0.05) is 18.2 Å². The number of anilines is 1. The fraction of sp³-hybridized carbons (Fsp3) is 0.150. The van der Waals surface area contributed by atoms with Gasteiger partial charge < -0.3 is 4.74 Å². The van der Waals surface area contributed by atoms with Crippen molar-refractivity contribution in [1.82, 2.24) is 14.8 Å². The van der Waals surface area contributed by atoms with E-state index in [4.69, 9.17) is 0 Å². The maximum atomic E-state index is 12.4. The molecule has 29 heavy (non-hydrogen) atoms. The Bertz CT molecular complexity index is 1020. The highest BCUT2D eigenvalue weighted by Gasteiger charge is 2.31. The smallest absolute Gasteiger partial charge is 0.406 e. The number of aromatic nitrogens is 3. The van der Waals surface area contributed by atoms with E-state index < -0.39 is 18.0 Å². The Balaban J connectivity index is 1.72. The summed E-state index contributed by atoms with van der Waals surface area (Å²) in [6.45, 7) is 1.93. The van der Waals surface area contributed by atoms with E-state index in [1.54, 1.807) is 7.05 Å². The Morgan fingerprint density at radius 3 is 2.34 bits per heavy atom. The van der Waals surface area contributed by atoms with E-state index >= 15 is 0 Å². The molecule has 0 fully saturated rings. The number of ether oxygens (including phenoxy) is 1. The van der Waals surface area contributed by atoms with Gasteiger partial charge in [0.1, 0.15) is 5.75 Å². The number of aryl methyl sites for hydroxylation is 1. The van der Waals surface area contributed by atoms with Crippen LogP contribution >= 0.6 is 0 Å². The van der Waals surface area contributed by atoms with Gasteiger partial charge >= 0.3 is 6.36 Å². The van der Waals surface area contributed by atoms with Crippen molar-refractivity contribution in [3.63, 3.8) is 0 Å². The van der Waals surface area contributed by atoms with Gasteiger partial charge in [-0.1, -0.05) is 36.4 Å². The van der Waals surface area contributed by atoms with E-state index in [2.05, 4.69) is 20.1 Å². The molecule has 0 aliphatic carbocycles. The van der Waals surface area contributed by atoms with Crippen LogP contribution in [0.1, 0.15) is 22.8 Å². The van der Waals surface area contributed by atoms with Gasteiger partial charge in [0.25, 0.3) is 5.91 Å². The summed E-state index contributed by atoms with van der Waals surface area (Å²) >= 11 is 0. The standard InChI is InChI=1S/C20H17F3N4O2/c1-3-4-13-5-7-14(8-6-13)17-24-19(27(2)26-17)25-18(28)15-9-11-16(12-10-15)29-20(21,22)23/h3-12H,1-2H3,(H,24,25,26,28)/b4-3+. The molecule has 0 spiro atoms. The maximum absolute atomic E-state index is 12.4. The van der Waals surface area contributed by atoms with E-state index in [0.717, 1.165) is 23.3 Å². The van der Waals surface area contributed by atoms with E-state index in [0.29, 0.717) is 5.82 Å². The zero-order chi connectivity index (χ0) is 21.0. The van der Waals surface area contributed by atoms with Crippen molar-refractivity contribution in [2.24, 2.45) is 7.05 Å². The van der Waals surface area contributed by atoms with Gasteiger partial charge in [0.15, 0.2) is 5.82 Å². The van der Waals surface area contributed by atoms with Gasteiger partial charge in [-0.3, -0.25) is 10.1 Å². The highest BCUT2D eigenvalue weighted by Crippen LogP contribution is 2.23. The second kappa shape index (κ2) is 8.17. The predicted molar refractivity (Wildman–Crippen MR) is 102 cm³/mol. The van der Waals surface area contributed by atoms with Crippen molar-refractivity contribution in [3.05, 3.63) is 65.7 Å². The monoisotopic (exact) mass is 402 g/mol. The molecule has 0 aliphatic rings. The SMILES string of the molecule is C/C=C/c1ccc(-c2nc(NC(=O)c3ccc(OC(F)(F)F)cc3)n(C)n2)cc1. The number of halogens is 3. The van der Waals surface area contributed by atoms with Gasteiger partial charge in [-0.15, -0.1) is 18.3 Å². The molecule has 3 rings (SSSR count). The average molecular weight is 402 g/mol. The zero-order valence-corrected chi connectivity index (χ0v) is 15.6. The minimum absolute atomic E-state index is 0.153. The Morgan fingerprint density at radius 2 is 1.76 bits per heavy atom. The van der Waals surface area contributed by atoms with Crippen LogP contribution in [0.4, 0.5) is 19.1 Å². The Hall–Kier alpha value is -3.62. The summed E-state index contributed by atoms with van der Waals surface area (Å²) in [4.78, 5) is 16.7. The van der Waals surface area contributed by atoms with Crippen molar-refractivity contribution >= 4 is 17.9 Å². The van der Waals surface area contributed by atoms with Gasteiger partial charge in [-0.25, -0.2) is 4.68 Å². The molecule has 1 amide bonds. The molecule has 0 radical (unpaired) electrons. The average Bonchev–Trinajstić information content (AvgIpc) is 3.02. The molecule has 6 nitrogen and oxygen atoms in total. The maximum Gasteiger partial charge on any atom is 0.573 e. The summed E-state index contributed by atoms with van der Waals surface area (Å²) in [7, 11) is 1.63. The third-order valence-corrected chi connectivity index (χ3v) is 3.87. The zero-order valence-electron chi connectivity index (χ0n) is 15.6. The minimum Gasteiger partial charge on any atom is -0.406 e. The third kappa shape index (κ3) is 5.22. The van der Waals surface area contributed by atoms with Crippen molar-refractivity contribution in [2.45, 2.75) is 13.3 Å². The van der Waals surface area contributed by atoms with Crippen LogP contribution in [0.3, 0.4) is 0 Å². The fourth-order valence-electron chi connectivity index (χ4n) is 2.53. The molecule has 0 atom stereocenters. The van der Waals surface area contributed by atoms with Crippen LogP contribution in [-0.4, -0.2) is 27.0 Å². The van der Waals surface area contributed by atoms with Crippen molar-refractivity contribution in [2.75, 3.05) is 5.32 Å². The number of carbonyl (C=O) groups excluding carboxylic acids is 1. The highest BCUT2D eigenvalue weighted by atomic mass is 19.4. The van der Waals surface area contributed by atoms with E-state index in [9.17, 15) is 18.0 Å². The lowest BCUT2D eigenvalue weighted by atomic mass is 10.1. The number of amides is 1. The predicted octanol–water partition coefficient (Wildman–Crippen LogP) is 4.67. The van der Waals surface area contributed by atoms with Crippen LogP contribution in [0.5, 0.6) is 5.75 Å². The molecular weight excluding hydrogens is 385 g/mol. The first-order valence-electron chi connectivity index (χ1n) is 8.56. The summed E-state index contributed by atoms with van der Waals surface area (Å²) in [5, 5.41) is 6.88. The topological polar surface area (TPSA) is 69.0 Å². The number of hydrogen-bond acceptors (Lipinski definition) is 4. The first kappa shape index (κ1) is 20.1. The number of nitrogens with zero attached hydrogens (tertiary/aromatic N) is 3. The quantitative estimate of drug-likeness (QED) is 0.674. The molecule has 1 N–H and O–H groups in total. The van der Waals surface area contributed by atoms with Crippen LogP contribution in [0.15, 0.2) is 54.6 Å². The van der Waals surface area contributed by atoms with Crippen molar-refractivity contribution in [1.29, 1.82) is 0 Å². The lowest BCUT2D eigenvalue weighted by Crippen LogP contribution is -2.18. The summed E-state index contributed by atoms with van der Waals surface area (Å²) in [5.41, 5.74) is 1.97. The summed E-state index contributed by atoms with van der Waals surface area (Å²) in [5.74, 6) is -0.299. The Morgan fingerprint density at radius 1 is 1.10 bits per heavy atom. The fourth-order valence-corrected chi connectivity index (χ4v) is 2.53. The minimum atomic E-state index is -4.79. The summed E-state index contributed by atoms with van der Waals surface area (Å²) < 4.78 is 41.8. The van der Waals surface area contributed by atoms with Crippen LogP contribution in [0.25, 0.3) is 17.5 Å². The Labute approximate surface area is 164 Å². The van der Waals surface area contributed by atoms with E-state index in [-0.39, 0.29) is 11.5 Å². The number of allylic oxidation sites excluding steroid dienone is 1. The number of carbonyl (C=O) groups is 1. The second-order valence-electron chi connectivity index (χ2n) is 6.03. The van der Waals surface area contributed by atoms with Gasteiger partial charge in [0.05, 0.1) is 0 Å². The molecule has 1 heterocycles. The first-order valence-corrected chi connectivity index (χ1v) is 8.56. The van der Waals surface area contributed by atoms with E-state index in [1.807, 2.05) is 43.3 Å². The molecule has 150 valence electrons. The third-order valence-electron chi connectivity index (χ3n) is 3.87. The van der Waals surface area contributed by atoms with E-state index in [1.165, 1.54) is 16.8 Å².